The Hall–Kier alpha value is -3.11. The quantitative estimate of drug-likeness (QED) is 0.462. The van der Waals surface area contributed by atoms with Gasteiger partial charge in [0.1, 0.15) is 5.82 Å². The van der Waals surface area contributed by atoms with Crippen molar-refractivity contribution < 1.29 is 4.79 Å². The number of carbonyl (C=O) groups is 1. The number of hydrogen-bond acceptors (Lipinski definition) is 2. The van der Waals surface area contributed by atoms with Crippen molar-refractivity contribution in [2.24, 2.45) is 0 Å². The third kappa shape index (κ3) is 4.89. The van der Waals surface area contributed by atoms with E-state index in [9.17, 15) is 4.79 Å². The van der Waals surface area contributed by atoms with Crippen LogP contribution in [0.5, 0.6) is 0 Å². The minimum absolute atomic E-state index is 0.00123. The first-order chi connectivity index (χ1) is 14.6. The van der Waals surface area contributed by atoms with Crippen LogP contribution in [0.2, 0.25) is 5.02 Å². The van der Waals surface area contributed by atoms with Crippen LogP contribution in [0.3, 0.4) is 0 Å². The molecule has 1 aromatic heterocycles. The first-order valence-corrected chi connectivity index (χ1v) is 10.5. The second-order valence-corrected chi connectivity index (χ2v) is 7.93. The smallest absolute Gasteiger partial charge is 0.224 e. The first-order valence-electron chi connectivity index (χ1n) is 10.1. The van der Waals surface area contributed by atoms with Crippen molar-refractivity contribution >= 4 is 28.5 Å². The van der Waals surface area contributed by atoms with Crippen molar-refractivity contribution in [3.63, 3.8) is 0 Å². The number of carbonyl (C=O) groups excluding carboxylic acids is 1. The molecule has 5 heteroatoms. The largest absolute Gasteiger partial charge is 0.355 e. The normalized spacial score (nSPS) is 11.0. The van der Waals surface area contributed by atoms with Crippen molar-refractivity contribution in [2.75, 3.05) is 6.54 Å². The molecule has 0 fully saturated rings. The Bertz CT molecular complexity index is 1160. The van der Waals surface area contributed by atoms with E-state index in [0.29, 0.717) is 24.4 Å². The van der Waals surface area contributed by atoms with E-state index in [1.165, 1.54) is 11.1 Å². The molecule has 0 aliphatic carbocycles. The molecule has 3 aromatic carbocycles. The van der Waals surface area contributed by atoms with E-state index < -0.39 is 0 Å². The van der Waals surface area contributed by atoms with Crippen LogP contribution in [-0.2, 0) is 24.2 Å². The standard InChI is InChI=1S/C25H24ClN3O/c1-18-5-4-6-20(15-18)17-29-23-8-3-2-7-22(23)28-24(29)13-14-27-25(30)16-19-9-11-21(26)12-10-19/h2-12,15H,13-14,16-17H2,1H3,(H,27,30). The summed E-state index contributed by atoms with van der Waals surface area (Å²) in [6.45, 7) is 3.41. The van der Waals surface area contributed by atoms with Crippen LogP contribution >= 0.6 is 11.6 Å². The van der Waals surface area contributed by atoms with E-state index in [4.69, 9.17) is 16.6 Å². The van der Waals surface area contributed by atoms with Crippen molar-refractivity contribution in [1.82, 2.24) is 14.9 Å². The van der Waals surface area contributed by atoms with Crippen LogP contribution in [0.1, 0.15) is 22.5 Å². The number of fused-ring (bicyclic) bond motifs is 1. The average Bonchev–Trinajstić information content (AvgIpc) is 3.07. The Morgan fingerprint density at radius 1 is 1.00 bits per heavy atom. The summed E-state index contributed by atoms with van der Waals surface area (Å²) in [6, 6.07) is 24.1. The van der Waals surface area contributed by atoms with Crippen LogP contribution in [0.15, 0.2) is 72.8 Å². The third-order valence-corrected chi connectivity index (χ3v) is 5.36. The fourth-order valence-electron chi connectivity index (χ4n) is 3.65. The van der Waals surface area contributed by atoms with E-state index in [1.54, 1.807) is 12.1 Å². The van der Waals surface area contributed by atoms with E-state index in [1.807, 2.05) is 30.3 Å². The third-order valence-electron chi connectivity index (χ3n) is 5.11. The number of para-hydroxylation sites is 2. The molecule has 0 atom stereocenters. The molecule has 4 aromatic rings. The molecule has 152 valence electrons. The fourth-order valence-corrected chi connectivity index (χ4v) is 3.78. The number of aryl methyl sites for hydroxylation is 1. The molecule has 30 heavy (non-hydrogen) atoms. The molecule has 4 rings (SSSR count). The maximum atomic E-state index is 12.3. The second-order valence-electron chi connectivity index (χ2n) is 7.50. The summed E-state index contributed by atoms with van der Waals surface area (Å²) in [5.41, 5.74) is 5.52. The van der Waals surface area contributed by atoms with Gasteiger partial charge < -0.3 is 9.88 Å². The van der Waals surface area contributed by atoms with Gasteiger partial charge in [-0.05, 0) is 42.3 Å². The lowest BCUT2D eigenvalue weighted by atomic mass is 10.1. The van der Waals surface area contributed by atoms with Gasteiger partial charge in [-0.25, -0.2) is 4.98 Å². The number of nitrogens with zero attached hydrogens (tertiary/aromatic N) is 2. The SMILES string of the molecule is Cc1cccc(Cn2c(CCNC(=O)Cc3ccc(Cl)cc3)nc3ccccc32)c1. The molecule has 1 N–H and O–H groups in total. The van der Waals surface area contributed by atoms with Crippen LogP contribution in [0, 0.1) is 6.92 Å². The predicted octanol–water partition coefficient (Wildman–Crippen LogP) is 4.95. The molecule has 4 nitrogen and oxygen atoms in total. The molecule has 0 aliphatic rings. The number of amides is 1. The molecule has 1 heterocycles. The van der Waals surface area contributed by atoms with Crippen molar-refractivity contribution in [2.45, 2.75) is 26.3 Å². The van der Waals surface area contributed by atoms with Gasteiger partial charge in [-0.15, -0.1) is 0 Å². The Balaban J connectivity index is 1.45. The van der Waals surface area contributed by atoms with E-state index in [2.05, 4.69) is 47.1 Å². The summed E-state index contributed by atoms with van der Waals surface area (Å²) in [5, 5.41) is 3.69. The molecular weight excluding hydrogens is 394 g/mol. The highest BCUT2D eigenvalue weighted by molar-refractivity contribution is 6.30. The Labute approximate surface area is 181 Å². The highest BCUT2D eigenvalue weighted by atomic mass is 35.5. The number of nitrogens with one attached hydrogen (secondary N) is 1. The fraction of sp³-hybridized carbons (Fsp3) is 0.200. The Morgan fingerprint density at radius 3 is 2.60 bits per heavy atom. The lowest BCUT2D eigenvalue weighted by Gasteiger charge is -2.11. The molecular formula is C25H24ClN3O. The average molecular weight is 418 g/mol. The Kier molecular flexibility index (Phi) is 6.15. The van der Waals surface area contributed by atoms with Gasteiger partial charge >= 0.3 is 0 Å². The topological polar surface area (TPSA) is 46.9 Å². The highest BCUT2D eigenvalue weighted by Crippen LogP contribution is 2.19. The zero-order chi connectivity index (χ0) is 20.9. The maximum Gasteiger partial charge on any atom is 0.224 e. The number of hydrogen-bond donors (Lipinski definition) is 1. The number of benzene rings is 3. The number of imidazole rings is 1. The highest BCUT2D eigenvalue weighted by Gasteiger charge is 2.12. The van der Waals surface area contributed by atoms with Gasteiger partial charge in [0.25, 0.3) is 0 Å². The zero-order valence-electron chi connectivity index (χ0n) is 16.9. The zero-order valence-corrected chi connectivity index (χ0v) is 17.7. The van der Waals surface area contributed by atoms with Crippen molar-refractivity contribution in [3.05, 3.63) is 100 Å². The summed E-state index contributed by atoms with van der Waals surface area (Å²) in [6.07, 6.45) is 1.02. The summed E-state index contributed by atoms with van der Waals surface area (Å²) < 4.78 is 2.25. The predicted molar refractivity (Wildman–Crippen MR) is 122 cm³/mol. The minimum Gasteiger partial charge on any atom is -0.355 e. The molecule has 0 unspecified atom stereocenters. The Morgan fingerprint density at radius 2 is 1.80 bits per heavy atom. The van der Waals surface area contributed by atoms with E-state index >= 15 is 0 Å². The van der Waals surface area contributed by atoms with Gasteiger partial charge in [0, 0.05) is 24.5 Å². The number of aromatic nitrogens is 2. The first kappa shape index (κ1) is 20.2. The molecule has 0 saturated carbocycles. The van der Waals surface area contributed by atoms with Gasteiger partial charge in [0.2, 0.25) is 5.91 Å². The molecule has 1 amide bonds. The lowest BCUT2D eigenvalue weighted by molar-refractivity contribution is -0.120. The monoisotopic (exact) mass is 417 g/mol. The van der Waals surface area contributed by atoms with Crippen LogP contribution in [-0.4, -0.2) is 22.0 Å². The summed E-state index contributed by atoms with van der Waals surface area (Å²) in [5.74, 6) is 0.975. The van der Waals surface area contributed by atoms with E-state index in [-0.39, 0.29) is 5.91 Å². The van der Waals surface area contributed by atoms with E-state index in [0.717, 1.165) is 29.0 Å². The molecule has 0 aliphatic heterocycles. The van der Waals surface area contributed by atoms with Gasteiger partial charge in [0.05, 0.1) is 17.5 Å². The summed E-state index contributed by atoms with van der Waals surface area (Å²) in [4.78, 5) is 17.1. The lowest BCUT2D eigenvalue weighted by Crippen LogP contribution is -2.28. The van der Waals surface area contributed by atoms with Crippen LogP contribution < -0.4 is 5.32 Å². The molecule has 0 saturated heterocycles. The molecule has 0 spiro atoms. The van der Waals surface area contributed by atoms with Crippen LogP contribution in [0.4, 0.5) is 0 Å². The minimum atomic E-state index is -0.00123. The maximum absolute atomic E-state index is 12.3. The van der Waals surface area contributed by atoms with Gasteiger partial charge in [0.15, 0.2) is 0 Å². The second kappa shape index (κ2) is 9.14. The molecule has 0 radical (unpaired) electrons. The number of halogens is 1. The van der Waals surface area contributed by atoms with Crippen molar-refractivity contribution in [3.8, 4) is 0 Å². The molecule has 0 bridgehead atoms. The van der Waals surface area contributed by atoms with Gasteiger partial charge in [-0.1, -0.05) is 65.7 Å². The summed E-state index contributed by atoms with van der Waals surface area (Å²) in [7, 11) is 0. The summed E-state index contributed by atoms with van der Waals surface area (Å²) >= 11 is 5.90. The van der Waals surface area contributed by atoms with Gasteiger partial charge in [-0.3, -0.25) is 4.79 Å². The van der Waals surface area contributed by atoms with Gasteiger partial charge in [-0.2, -0.15) is 0 Å². The van der Waals surface area contributed by atoms with Crippen molar-refractivity contribution in [1.29, 1.82) is 0 Å². The number of rotatable bonds is 7. The van der Waals surface area contributed by atoms with Crippen LogP contribution in [0.25, 0.3) is 11.0 Å².